The van der Waals surface area contributed by atoms with E-state index in [4.69, 9.17) is 4.74 Å². The van der Waals surface area contributed by atoms with Gasteiger partial charge >= 0.3 is 0 Å². The number of thioether (sulfide) groups is 1. The first-order chi connectivity index (χ1) is 13.0. The summed E-state index contributed by atoms with van der Waals surface area (Å²) >= 11 is 1.44. The fourth-order valence-electron chi connectivity index (χ4n) is 2.96. The summed E-state index contributed by atoms with van der Waals surface area (Å²) in [5, 5.41) is 12.2. The van der Waals surface area contributed by atoms with Gasteiger partial charge in [0.2, 0.25) is 11.9 Å². The number of nitrogens with zero attached hydrogens (tertiary/aromatic N) is 4. The van der Waals surface area contributed by atoms with E-state index >= 15 is 0 Å². The van der Waals surface area contributed by atoms with Crippen LogP contribution in [0.25, 0.3) is 0 Å². The van der Waals surface area contributed by atoms with Crippen molar-refractivity contribution in [3.8, 4) is 0 Å². The van der Waals surface area contributed by atoms with E-state index in [1.807, 2.05) is 39.0 Å². The van der Waals surface area contributed by atoms with E-state index in [0.717, 1.165) is 47.6 Å². The van der Waals surface area contributed by atoms with Gasteiger partial charge in [-0.05, 0) is 44.9 Å². The molecule has 1 fully saturated rings. The molecule has 0 bridgehead atoms. The average Bonchev–Trinajstić information content (AvgIpc) is 3.07. The highest BCUT2D eigenvalue weighted by Crippen LogP contribution is 2.27. The molecule has 1 aromatic carbocycles. The number of nitrogens with one attached hydrogen (secondary N) is 1. The van der Waals surface area contributed by atoms with Crippen LogP contribution >= 0.6 is 11.8 Å². The molecule has 1 saturated heterocycles. The molecule has 0 radical (unpaired) electrons. The van der Waals surface area contributed by atoms with Crippen molar-refractivity contribution in [1.82, 2.24) is 14.8 Å². The Morgan fingerprint density at radius 3 is 2.74 bits per heavy atom. The molecule has 1 aliphatic heterocycles. The molecule has 0 unspecified atom stereocenters. The summed E-state index contributed by atoms with van der Waals surface area (Å²) in [6, 6.07) is 6.06. The number of carbonyl (C=O) groups excluding carboxylic acids is 1. The first-order valence-corrected chi connectivity index (χ1v) is 10.2. The molecule has 1 N–H and O–H groups in total. The normalized spacial score (nSPS) is 15.6. The van der Waals surface area contributed by atoms with Gasteiger partial charge in [-0.25, -0.2) is 0 Å². The average molecular weight is 390 g/mol. The number of aryl methyl sites for hydroxylation is 2. The molecule has 1 aromatic heterocycles. The monoisotopic (exact) mass is 389 g/mol. The minimum atomic E-state index is -0.281. The van der Waals surface area contributed by atoms with Crippen molar-refractivity contribution in [3.63, 3.8) is 0 Å². The first-order valence-electron chi connectivity index (χ1n) is 9.30. The van der Waals surface area contributed by atoms with Gasteiger partial charge in [0.05, 0.1) is 18.5 Å². The number of rotatable bonds is 6. The highest BCUT2D eigenvalue weighted by atomic mass is 32.2. The SMILES string of the molecule is CCn1c(S[C@H](C)C(=O)Nc2cc(C)ccc2C)nnc1N1CCOCC1. The number of anilines is 2. The lowest BCUT2D eigenvalue weighted by Crippen LogP contribution is -2.38. The lowest BCUT2D eigenvalue weighted by molar-refractivity contribution is -0.115. The third-order valence-corrected chi connectivity index (χ3v) is 5.69. The summed E-state index contributed by atoms with van der Waals surface area (Å²) in [4.78, 5) is 14.9. The molecule has 146 valence electrons. The number of aromatic nitrogens is 3. The molecular formula is C19H27N5O2S. The summed E-state index contributed by atoms with van der Waals surface area (Å²) in [6.07, 6.45) is 0. The van der Waals surface area contributed by atoms with Gasteiger partial charge in [-0.15, -0.1) is 10.2 Å². The van der Waals surface area contributed by atoms with E-state index in [0.29, 0.717) is 13.2 Å². The van der Waals surface area contributed by atoms with Gasteiger partial charge in [-0.3, -0.25) is 9.36 Å². The van der Waals surface area contributed by atoms with Gasteiger partial charge in [0.1, 0.15) is 0 Å². The van der Waals surface area contributed by atoms with Crippen LogP contribution < -0.4 is 10.2 Å². The van der Waals surface area contributed by atoms with E-state index < -0.39 is 0 Å². The van der Waals surface area contributed by atoms with Crippen molar-refractivity contribution < 1.29 is 9.53 Å². The van der Waals surface area contributed by atoms with Crippen LogP contribution in [0.15, 0.2) is 23.4 Å². The largest absolute Gasteiger partial charge is 0.378 e. The highest BCUT2D eigenvalue weighted by Gasteiger charge is 2.23. The second-order valence-corrected chi connectivity index (χ2v) is 8.00. The van der Waals surface area contributed by atoms with Crippen LogP contribution in [0.2, 0.25) is 0 Å². The predicted octanol–water partition coefficient (Wildman–Crippen LogP) is 2.87. The molecule has 1 aliphatic rings. The number of hydrogen-bond donors (Lipinski definition) is 1. The molecule has 0 aliphatic carbocycles. The van der Waals surface area contributed by atoms with Crippen LogP contribution in [0.1, 0.15) is 25.0 Å². The van der Waals surface area contributed by atoms with Gasteiger partial charge in [0, 0.05) is 25.3 Å². The van der Waals surface area contributed by atoms with Crippen LogP contribution in [0.5, 0.6) is 0 Å². The highest BCUT2D eigenvalue weighted by molar-refractivity contribution is 8.00. The molecule has 7 nitrogen and oxygen atoms in total. The summed E-state index contributed by atoms with van der Waals surface area (Å²) < 4.78 is 7.48. The van der Waals surface area contributed by atoms with Crippen molar-refractivity contribution in [3.05, 3.63) is 29.3 Å². The Morgan fingerprint density at radius 2 is 2.04 bits per heavy atom. The van der Waals surface area contributed by atoms with Gasteiger partial charge in [0.25, 0.3) is 0 Å². The lowest BCUT2D eigenvalue weighted by atomic mass is 10.1. The Hall–Kier alpha value is -2.06. The first kappa shape index (κ1) is 19.7. The third-order valence-electron chi connectivity index (χ3n) is 4.61. The Bertz CT molecular complexity index is 801. The second-order valence-electron chi connectivity index (χ2n) is 6.69. The molecule has 1 atom stereocenters. The van der Waals surface area contributed by atoms with Gasteiger partial charge in [-0.2, -0.15) is 0 Å². The fourth-order valence-corrected chi connectivity index (χ4v) is 3.87. The van der Waals surface area contributed by atoms with E-state index in [1.165, 1.54) is 11.8 Å². The number of hydrogen-bond acceptors (Lipinski definition) is 6. The van der Waals surface area contributed by atoms with Gasteiger partial charge in [0.15, 0.2) is 5.16 Å². The molecule has 8 heteroatoms. The minimum Gasteiger partial charge on any atom is -0.378 e. The number of morpholine rings is 1. The topological polar surface area (TPSA) is 72.3 Å². The number of benzene rings is 1. The maximum absolute atomic E-state index is 12.7. The van der Waals surface area contributed by atoms with Crippen molar-refractivity contribution in [2.24, 2.45) is 0 Å². The smallest absolute Gasteiger partial charge is 0.237 e. The Labute approximate surface area is 164 Å². The zero-order valence-electron chi connectivity index (χ0n) is 16.4. The predicted molar refractivity (Wildman–Crippen MR) is 109 cm³/mol. The zero-order chi connectivity index (χ0) is 19.4. The van der Waals surface area contributed by atoms with E-state index in [1.54, 1.807) is 0 Å². The standard InChI is InChI=1S/C19H27N5O2S/c1-5-24-18(23-8-10-26-11-9-23)21-22-19(24)27-15(4)17(25)20-16-12-13(2)6-7-14(16)3/h6-7,12,15H,5,8-11H2,1-4H3,(H,20,25)/t15-/m1/s1. The maximum Gasteiger partial charge on any atom is 0.237 e. The van der Waals surface area contributed by atoms with Crippen molar-refractivity contribution >= 4 is 29.3 Å². The van der Waals surface area contributed by atoms with Crippen LogP contribution in [0.4, 0.5) is 11.6 Å². The van der Waals surface area contributed by atoms with Crippen molar-refractivity contribution in [1.29, 1.82) is 0 Å². The maximum atomic E-state index is 12.7. The van der Waals surface area contributed by atoms with E-state index in [2.05, 4.69) is 31.9 Å². The molecule has 2 aromatic rings. The van der Waals surface area contributed by atoms with Crippen LogP contribution in [-0.2, 0) is 16.1 Å². The number of carbonyl (C=O) groups is 1. The van der Waals surface area contributed by atoms with Crippen LogP contribution in [0, 0.1) is 13.8 Å². The molecule has 0 saturated carbocycles. The van der Waals surface area contributed by atoms with Gasteiger partial charge in [-0.1, -0.05) is 23.9 Å². The molecule has 27 heavy (non-hydrogen) atoms. The molecular weight excluding hydrogens is 362 g/mol. The molecule has 2 heterocycles. The summed E-state index contributed by atoms with van der Waals surface area (Å²) in [6.45, 7) is 11.8. The quantitative estimate of drug-likeness (QED) is 0.766. The Morgan fingerprint density at radius 1 is 1.30 bits per heavy atom. The zero-order valence-corrected chi connectivity index (χ0v) is 17.2. The molecule has 1 amide bonds. The fraction of sp³-hybridized carbons (Fsp3) is 0.526. The van der Waals surface area contributed by atoms with E-state index in [9.17, 15) is 4.79 Å². The number of ether oxygens (including phenoxy) is 1. The summed E-state index contributed by atoms with van der Waals surface area (Å²) in [5.41, 5.74) is 3.04. The number of amides is 1. The van der Waals surface area contributed by atoms with Crippen LogP contribution in [-0.4, -0.2) is 52.2 Å². The molecule has 3 rings (SSSR count). The summed E-state index contributed by atoms with van der Waals surface area (Å²) in [5.74, 6) is 0.817. The Balaban J connectivity index is 1.69. The van der Waals surface area contributed by atoms with Crippen molar-refractivity contribution in [2.75, 3.05) is 36.5 Å². The lowest BCUT2D eigenvalue weighted by Gasteiger charge is -2.27. The van der Waals surface area contributed by atoms with Gasteiger partial charge < -0.3 is 15.0 Å². The Kier molecular flexibility index (Phi) is 6.38. The molecule has 0 spiro atoms. The third kappa shape index (κ3) is 4.62. The summed E-state index contributed by atoms with van der Waals surface area (Å²) in [7, 11) is 0. The second kappa shape index (κ2) is 8.75. The van der Waals surface area contributed by atoms with Crippen molar-refractivity contribution in [2.45, 2.75) is 44.6 Å². The van der Waals surface area contributed by atoms with Crippen LogP contribution in [0.3, 0.4) is 0 Å². The minimum absolute atomic E-state index is 0.0349. The van der Waals surface area contributed by atoms with E-state index in [-0.39, 0.29) is 11.2 Å².